The molecule has 3 rings (SSSR count). The van der Waals surface area contributed by atoms with E-state index in [1.54, 1.807) is 7.11 Å². The summed E-state index contributed by atoms with van der Waals surface area (Å²) < 4.78 is 7.43. The third-order valence-corrected chi connectivity index (χ3v) is 7.06. The Hall–Kier alpha value is -1.74. The standard InChI is InChI=1S/C20H20BrIN2O3/c1-27-16-7-5-14(6-8-16)13-24(18-4-2-3-17(21)19(18)22)15-9-11-23(12-10-15)20(25)26/h2-9H,10-13H2,1H3,(H,25,26). The van der Waals surface area contributed by atoms with Gasteiger partial charge in [0.05, 0.1) is 16.4 Å². The molecule has 0 atom stereocenters. The summed E-state index contributed by atoms with van der Waals surface area (Å²) in [5, 5.41) is 9.21. The number of carboxylic acid groups (broad SMARTS) is 1. The number of ether oxygens (including phenoxy) is 1. The molecule has 2 aromatic carbocycles. The number of carbonyl (C=O) groups is 1. The molecule has 1 heterocycles. The zero-order chi connectivity index (χ0) is 19.4. The Bertz CT molecular complexity index is 855. The fourth-order valence-electron chi connectivity index (χ4n) is 3.03. The van der Waals surface area contributed by atoms with E-state index in [1.807, 2.05) is 30.3 Å². The fourth-order valence-corrected chi connectivity index (χ4v) is 4.04. The number of methoxy groups -OCH3 is 1. The highest BCUT2D eigenvalue weighted by Crippen LogP contribution is 2.34. The van der Waals surface area contributed by atoms with Crippen molar-refractivity contribution in [3.63, 3.8) is 0 Å². The average molecular weight is 543 g/mol. The molecular formula is C20H20BrIN2O3. The van der Waals surface area contributed by atoms with Crippen LogP contribution in [0.2, 0.25) is 0 Å². The lowest BCUT2D eigenvalue weighted by atomic mass is 10.1. The van der Waals surface area contributed by atoms with E-state index in [1.165, 1.54) is 4.90 Å². The first-order chi connectivity index (χ1) is 13.0. The molecule has 0 bridgehead atoms. The Morgan fingerprint density at radius 1 is 1.30 bits per heavy atom. The number of hydrogen-bond donors (Lipinski definition) is 1. The van der Waals surface area contributed by atoms with Gasteiger partial charge in [-0.3, -0.25) is 0 Å². The number of amides is 1. The van der Waals surface area contributed by atoms with Crippen LogP contribution in [0.25, 0.3) is 0 Å². The summed E-state index contributed by atoms with van der Waals surface area (Å²) in [6, 6.07) is 14.2. The van der Waals surface area contributed by atoms with Crippen molar-refractivity contribution in [2.45, 2.75) is 13.0 Å². The van der Waals surface area contributed by atoms with E-state index in [9.17, 15) is 9.90 Å². The highest BCUT2D eigenvalue weighted by molar-refractivity contribution is 14.1. The molecular weight excluding hydrogens is 523 g/mol. The minimum Gasteiger partial charge on any atom is -0.497 e. The van der Waals surface area contributed by atoms with Crippen molar-refractivity contribution >= 4 is 50.3 Å². The number of nitrogens with zero attached hydrogens (tertiary/aromatic N) is 2. The van der Waals surface area contributed by atoms with Gasteiger partial charge < -0.3 is 19.6 Å². The SMILES string of the molecule is COc1ccc(CN(C2=CCN(C(=O)O)CC2)c2cccc(Br)c2I)cc1. The first-order valence-corrected chi connectivity index (χ1v) is 10.4. The molecule has 0 spiro atoms. The summed E-state index contributed by atoms with van der Waals surface area (Å²) in [5.41, 5.74) is 3.41. The minimum atomic E-state index is -0.871. The minimum absolute atomic E-state index is 0.411. The van der Waals surface area contributed by atoms with Gasteiger partial charge in [0.25, 0.3) is 0 Å². The van der Waals surface area contributed by atoms with Gasteiger partial charge >= 0.3 is 6.09 Å². The molecule has 1 aliphatic rings. The lowest BCUT2D eigenvalue weighted by Gasteiger charge is -2.33. The van der Waals surface area contributed by atoms with E-state index < -0.39 is 6.09 Å². The number of benzene rings is 2. The second kappa shape index (κ2) is 8.97. The summed E-state index contributed by atoms with van der Waals surface area (Å²) in [5.74, 6) is 0.830. The molecule has 0 aromatic heterocycles. The van der Waals surface area contributed by atoms with Crippen LogP contribution in [-0.2, 0) is 6.54 Å². The summed E-state index contributed by atoms with van der Waals surface area (Å²) in [4.78, 5) is 14.9. The zero-order valence-corrected chi connectivity index (χ0v) is 18.6. The third kappa shape index (κ3) is 4.76. The Morgan fingerprint density at radius 2 is 2.04 bits per heavy atom. The van der Waals surface area contributed by atoms with Gasteiger partial charge in [0, 0.05) is 36.2 Å². The first kappa shape index (κ1) is 20.0. The maximum atomic E-state index is 11.2. The predicted octanol–water partition coefficient (Wildman–Crippen LogP) is 5.34. The van der Waals surface area contributed by atoms with Crippen LogP contribution in [0, 0.1) is 3.57 Å². The second-order valence-electron chi connectivity index (χ2n) is 6.18. The van der Waals surface area contributed by atoms with Crippen LogP contribution in [0.15, 0.2) is 58.7 Å². The van der Waals surface area contributed by atoms with Gasteiger partial charge in [-0.15, -0.1) is 0 Å². The molecule has 1 aliphatic heterocycles. The summed E-state index contributed by atoms with van der Waals surface area (Å²) in [6.07, 6.45) is 1.83. The molecule has 0 radical (unpaired) electrons. The second-order valence-corrected chi connectivity index (χ2v) is 8.11. The molecule has 27 heavy (non-hydrogen) atoms. The normalized spacial score (nSPS) is 13.9. The van der Waals surface area contributed by atoms with Crippen LogP contribution in [-0.4, -0.2) is 36.3 Å². The molecule has 7 heteroatoms. The molecule has 5 nitrogen and oxygen atoms in total. The molecule has 2 aromatic rings. The van der Waals surface area contributed by atoms with Crippen molar-refractivity contribution in [2.24, 2.45) is 0 Å². The molecule has 0 saturated heterocycles. The lowest BCUT2D eigenvalue weighted by Crippen LogP contribution is -2.37. The smallest absolute Gasteiger partial charge is 0.407 e. The molecule has 1 N–H and O–H groups in total. The molecule has 0 unspecified atom stereocenters. The Balaban J connectivity index is 1.93. The lowest BCUT2D eigenvalue weighted by molar-refractivity contribution is 0.149. The van der Waals surface area contributed by atoms with Crippen LogP contribution >= 0.6 is 38.5 Å². The van der Waals surface area contributed by atoms with Crippen molar-refractivity contribution in [2.75, 3.05) is 25.1 Å². The number of hydrogen-bond acceptors (Lipinski definition) is 3. The van der Waals surface area contributed by atoms with E-state index >= 15 is 0 Å². The maximum Gasteiger partial charge on any atom is 0.407 e. The Kier molecular flexibility index (Phi) is 6.64. The molecule has 1 amide bonds. The van der Waals surface area contributed by atoms with Gasteiger partial charge in [-0.2, -0.15) is 0 Å². The summed E-state index contributed by atoms with van der Waals surface area (Å²) in [7, 11) is 1.66. The van der Waals surface area contributed by atoms with Gasteiger partial charge in [-0.05, 0) is 74.4 Å². The largest absolute Gasteiger partial charge is 0.497 e. The summed E-state index contributed by atoms with van der Waals surface area (Å²) >= 11 is 5.96. The van der Waals surface area contributed by atoms with Crippen LogP contribution < -0.4 is 9.64 Å². The fraction of sp³-hybridized carbons (Fsp3) is 0.250. The van der Waals surface area contributed by atoms with Crippen LogP contribution in [0.5, 0.6) is 5.75 Å². The topological polar surface area (TPSA) is 53.0 Å². The highest BCUT2D eigenvalue weighted by Gasteiger charge is 2.22. The van der Waals surface area contributed by atoms with Gasteiger partial charge in [0.1, 0.15) is 5.75 Å². The van der Waals surface area contributed by atoms with E-state index in [0.29, 0.717) is 26.1 Å². The quantitative estimate of drug-likeness (QED) is 0.518. The number of rotatable bonds is 5. The van der Waals surface area contributed by atoms with E-state index in [-0.39, 0.29) is 0 Å². The van der Waals surface area contributed by atoms with Gasteiger partial charge in [-0.25, -0.2) is 4.79 Å². The van der Waals surface area contributed by atoms with Crippen molar-refractivity contribution in [1.82, 2.24) is 4.90 Å². The van der Waals surface area contributed by atoms with Gasteiger partial charge in [0.2, 0.25) is 0 Å². The highest BCUT2D eigenvalue weighted by atomic mass is 127. The van der Waals surface area contributed by atoms with E-state index in [0.717, 1.165) is 30.7 Å². The van der Waals surface area contributed by atoms with Crippen LogP contribution in [0.4, 0.5) is 10.5 Å². The number of anilines is 1. The van der Waals surface area contributed by atoms with Gasteiger partial charge in [0.15, 0.2) is 0 Å². The summed E-state index contributed by atoms with van der Waals surface area (Å²) in [6.45, 7) is 1.62. The first-order valence-electron chi connectivity index (χ1n) is 8.51. The van der Waals surface area contributed by atoms with E-state index in [4.69, 9.17) is 4.74 Å². The van der Waals surface area contributed by atoms with Crippen molar-refractivity contribution in [3.05, 3.63) is 67.8 Å². The predicted molar refractivity (Wildman–Crippen MR) is 118 cm³/mol. The molecule has 0 fully saturated rings. The maximum absolute atomic E-state index is 11.2. The average Bonchev–Trinajstić information content (AvgIpc) is 2.69. The molecule has 0 aliphatic carbocycles. The molecule has 0 saturated carbocycles. The molecule has 142 valence electrons. The Labute approximate surface area is 180 Å². The zero-order valence-electron chi connectivity index (χ0n) is 14.9. The van der Waals surface area contributed by atoms with E-state index in [2.05, 4.69) is 61.6 Å². The van der Waals surface area contributed by atoms with Gasteiger partial charge in [-0.1, -0.05) is 18.2 Å². The monoisotopic (exact) mass is 542 g/mol. The van der Waals surface area contributed by atoms with Crippen LogP contribution in [0.1, 0.15) is 12.0 Å². The Morgan fingerprint density at radius 3 is 2.63 bits per heavy atom. The number of halogens is 2. The third-order valence-electron chi connectivity index (χ3n) is 4.52. The van der Waals surface area contributed by atoms with Crippen molar-refractivity contribution in [1.29, 1.82) is 0 Å². The van der Waals surface area contributed by atoms with Crippen molar-refractivity contribution < 1.29 is 14.6 Å². The van der Waals surface area contributed by atoms with Crippen LogP contribution in [0.3, 0.4) is 0 Å². The van der Waals surface area contributed by atoms with Crippen molar-refractivity contribution in [3.8, 4) is 5.75 Å².